The van der Waals surface area contributed by atoms with Gasteiger partial charge in [0.1, 0.15) is 5.75 Å². The van der Waals surface area contributed by atoms with Crippen molar-refractivity contribution < 1.29 is 14.3 Å². The van der Waals surface area contributed by atoms with Crippen LogP contribution in [-0.4, -0.2) is 18.9 Å². The van der Waals surface area contributed by atoms with E-state index in [2.05, 4.69) is 5.32 Å². The molecule has 0 aliphatic carbocycles. The molecule has 1 atom stereocenters. The second-order valence-electron chi connectivity index (χ2n) is 6.73. The number of carbonyl (C=O) groups is 2. The van der Waals surface area contributed by atoms with Gasteiger partial charge >= 0.3 is 0 Å². The van der Waals surface area contributed by atoms with Crippen molar-refractivity contribution in [3.63, 3.8) is 0 Å². The van der Waals surface area contributed by atoms with Crippen molar-refractivity contribution in [2.24, 2.45) is 0 Å². The number of hydrogen-bond donors (Lipinski definition) is 1. The Bertz CT molecular complexity index is 1010. The molecular weight excluding hydrogens is 372 g/mol. The molecule has 2 amide bonds. The van der Waals surface area contributed by atoms with E-state index in [1.54, 1.807) is 24.1 Å². The van der Waals surface area contributed by atoms with Crippen LogP contribution in [0.4, 0.5) is 11.4 Å². The zero-order chi connectivity index (χ0) is 19.7. The van der Waals surface area contributed by atoms with Crippen LogP contribution in [0, 0.1) is 6.92 Å². The van der Waals surface area contributed by atoms with Crippen LogP contribution < -0.4 is 15.0 Å². The van der Waals surface area contributed by atoms with Crippen LogP contribution in [0.25, 0.3) is 0 Å². The topological polar surface area (TPSA) is 58.6 Å². The largest absolute Gasteiger partial charge is 0.495 e. The van der Waals surface area contributed by atoms with Gasteiger partial charge in [-0.25, -0.2) is 0 Å². The lowest BCUT2D eigenvalue weighted by Gasteiger charge is -2.49. The molecular formula is C22H20N2O3S. The summed E-state index contributed by atoms with van der Waals surface area (Å²) in [7, 11) is 1.56. The van der Waals surface area contributed by atoms with E-state index in [1.165, 1.54) is 11.3 Å². The number of nitrogens with one attached hydrogen (secondary N) is 1. The third-order valence-electron chi connectivity index (χ3n) is 4.99. The lowest BCUT2D eigenvalue weighted by Crippen LogP contribution is -2.67. The summed E-state index contributed by atoms with van der Waals surface area (Å²) < 4.78 is 5.35. The SMILES string of the molecule is COc1ccccc1NC(=O)[C@]1(c2cccs2)CC(=O)N1c1ccc(C)cc1. The molecule has 0 unspecified atom stereocenters. The number of carbonyl (C=O) groups excluding carboxylic acids is 2. The second kappa shape index (κ2) is 7.13. The van der Waals surface area contributed by atoms with Crippen molar-refractivity contribution in [1.82, 2.24) is 0 Å². The van der Waals surface area contributed by atoms with Crippen LogP contribution in [0.3, 0.4) is 0 Å². The maximum atomic E-state index is 13.5. The number of aryl methyl sites for hydroxylation is 1. The smallest absolute Gasteiger partial charge is 0.256 e. The first kappa shape index (κ1) is 18.3. The number of rotatable bonds is 5. The fourth-order valence-electron chi connectivity index (χ4n) is 3.54. The molecule has 0 radical (unpaired) electrons. The van der Waals surface area contributed by atoms with Crippen LogP contribution >= 0.6 is 11.3 Å². The van der Waals surface area contributed by atoms with Crippen LogP contribution in [0.5, 0.6) is 5.75 Å². The van der Waals surface area contributed by atoms with Gasteiger partial charge < -0.3 is 10.1 Å². The van der Waals surface area contributed by atoms with E-state index in [0.717, 1.165) is 10.4 Å². The molecule has 1 aliphatic heterocycles. The highest BCUT2D eigenvalue weighted by molar-refractivity contribution is 7.10. The predicted octanol–water partition coefficient (Wildman–Crippen LogP) is 4.34. The molecule has 0 spiro atoms. The Hall–Kier alpha value is -3.12. The van der Waals surface area contributed by atoms with E-state index in [1.807, 2.05) is 60.8 Å². The van der Waals surface area contributed by atoms with Gasteiger partial charge in [0.15, 0.2) is 5.54 Å². The summed E-state index contributed by atoms with van der Waals surface area (Å²) in [6, 6.07) is 18.7. The van der Waals surface area contributed by atoms with Crippen molar-refractivity contribution in [1.29, 1.82) is 0 Å². The molecule has 1 saturated heterocycles. The molecule has 2 aromatic carbocycles. The fourth-order valence-corrected chi connectivity index (χ4v) is 4.45. The van der Waals surface area contributed by atoms with Crippen molar-refractivity contribution in [3.05, 3.63) is 76.5 Å². The van der Waals surface area contributed by atoms with Gasteiger partial charge in [-0.05, 0) is 42.6 Å². The zero-order valence-electron chi connectivity index (χ0n) is 15.6. The fraction of sp³-hybridized carbons (Fsp3) is 0.182. The van der Waals surface area contributed by atoms with Gasteiger partial charge in [0.25, 0.3) is 5.91 Å². The van der Waals surface area contributed by atoms with Crippen molar-refractivity contribution in [2.45, 2.75) is 18.9 Å². The third kappa shape index (κ3) is 2.86. The number of ether oxygens (including phenoxy) is 1. The van der Waals surface area contributed by atoms with E-state index in [0.29, 0.717) is 17.1 Å². The molecule has 0 bridgehead atoms. The van der Waals surface area contributed by atoms with Crippen molar-refractivity contribution >= 4 is 34.5 Å². The number of β-lactam (4-membered cyclic amide) rings is 1. The summed E-state index contributed by atoms with van der Waals surface area (Å²) >= 11 is 1.47. The summed E-state index contributed by atoms with van der Waals surface area (Å²) in [5.74, 6) is 0.247. The first-order chi connectivity index (χ1) is 13.6. The number of nitrogens with zero attached hydrogens (tertiary/aromatic N) is 1. The van der Waals surface area contributed by atoms with E-state index < -0.39 is 5.54 Å². The molecule has 1 N–H and O–H groups in total. The van der Waals surface area contributed by atoms with Gasteiger partial charge in [0.2, 0.25) is 5.91 Å². The molecule has 4 rings (SSSR count). The molecule has 1 aromatic heterocycles. The maximum absolute atomic E-state index is 13.5. The lowest BCUT2D eigenvalue weighted by molar-refractivity contribution is -0.137. The van der Waals surface area contributed by atoms with Crippen molar-refractivity contribution in [3.8, 4) is 5.75 Å². The van der Waals surface area contributed by atoms with E-state index in [-0.39, 0.29) is 18.2 Å². The molecule has 0 saturated carbocycles. The molecule has 1 aliphatic rings. The second-order valence-corrected chi connectivity index (χ2v) is 7.68. The number of amides is 2. The molecule has 3 aromatic rings. The minimum atomic E-state index is -1.07. The number of thiophene rings is 1. The van der Waals surface area contributed by atoms with Gasteiger partial charge in [-0.2, -0.15) is 0 Å². The van der Waals surface area contributed by atoms with Crippen LogP contribution in [-0.2, 0) is 15.1 Å². The molecule has 28 heavy (non-hydrogen) atoms. The van der Waals surface area contributed by atoms with Crippen molar-refractivity contribution in [2.75, 3.05) is 17.3 Å². The number of benzene rings is 2. The van der Waals surface area contributed by atoms with Gasteiger partial charge in [-0.15, -0.1) is 11.3 Å². The quantitative estimate of drug-likeness (QED) is 0.657. The van der Waals surface area contributed by atoms with Crippen LogP contribution in [0.2, 0.25) is 0 Å². The summed E-state index contributed by atoms with van der Waals surface area (Å²) in [6.45, 7) is 1.99. The Kier molecular flexibility index (Phi) is 4.65. The number of methoxy groups -OCH3 is 1. The van der Waals surface area contributed by atoms with E-state index in [9.17, 15) is 9.59 Å². The van der Waals surface area contributed by atoms with Gasteiger partial charge in [-0.3, -0.25) is 14.5 Å². The summed E-state index contributed by atoms with van der Waals surface area (Å²) in [5, 5.41) is 4.89. The Labute approximate surface area is 167 Å². The molecule has 6 heteroatoms. The van der Waals surface area contributed by atoms with E-state index >= 15 is 0 Å². The van der Waals surface area contributed by atoms with Gasteiger partial charge in [0, 0.05) is 10.6 Å². The summed E-state index contributed by atoms with van der Waals surface area (Å²) in [5.41, 5.74) is 1.32. The minimum absolute atomic E-state index is 0.0765. The monoisotopic (exact) mass is 392 g/mol. The number of anilines is 2. The van der Waals surface area contributed by atoms with Crippen LogP contribution in [0.15, 0.2) is 66.0 Å². The Morgan fingerprint density at radius 1 is 1.11 bits per heavy atom. The predicted molar refractivity (Wildman–Crippen MR) is 111 cm³/mol. The molecule has 1 fully saturated rings. The third-order valence-corrected chi connectivity index (χ3v) is 6.01. The molecule has 2 heterocycles. The average molecular weight is 392 g/mol. The number of para-hydroxylation sites is 2. The highest BCUT2D eigenvalue weighted by Gasteiger charge is 2.59. The van der Waals surface area contributed by atoms with Crippen LogP contribution in [0.1, 0.15) is 16.9 Å². The lowest BCUT2D eigenvalue weighted by atomic mass is 9.80. The summed E-state index contributed by atoms with van der Waals surface area (Å²) in [4.78, 5) is 28.6. The standard InChI is InChI=1S/C22H20N2O3S/c1-15-9-11-16(12-10-15)24-20(25)14-22(24,19-8-5-13-28-19)21(26)23-17-6-3-4-7-18(17)27-2/h3-13H,14H2,1-2H3,(H,23,26)/t22-/m1/s1. The number of hydrogen-bond acceptors (Lipinski definition) is 4. The highest BCUT2D eigenvalue weighted by atomic mass is 32.1. The Morgan fingerprint density at radius 2 is 1.86 bits per heavy atom. The Morgan fingerprint density at radius 3 is 2.50 bits per heavy atom. The molecule has 5 nitrogen and oxygen atoms in total. The maximum Gasteiger partial charge on any atom is 0.256 e. The first-order valence-corrected chi connectivity index (χ1v) is 9.82. The highest BCUT2D eigenvalue weighted by Crippen LogP contribution is 2.47. The average Bonchev–Trinajstić information content (AvgIpc) is 3.22. The summed E-state index contributed by atoms with van der Waals surface area (Å²) in [6.07, 6.45) is 0.127. The minimum Gasteiger partial charge on any atom is -0.495 e. The van der Waals surface area contributed by atoms with Gasteiger partial charge in [0.05, 0.1) is 19.2 Å². The normalized spacial score (nSPS) is 18.5. The van der Waals surface area contributed by atoms with E-state index in [4.69, 9.17) is 4.74 Å². The zero-order valence-corrected chi connectivity index (χ0v) is 16.5. The Balaban J connectivity index is 1.76. The molecule has 142 valence electrons. The first-order valence-electron chi connectivity index (χ1n) is 8.94. The van der Waals surface area contributed by atoms with Gasteiger partial charge in [-0.1, -0.05) is 35.9 Å².